The molecule has 0 aromatic heterocycles. The van der Waals surface area contributed by atoms with Crippen LogP contribution in [0, 0.1) is 0 Å². The van der Waals surface area contributed by atoms with E-state index in [-0.39, 0.29) is 5.78 Å². The monoisotopic (exact) mass is 216 g/mol. The molecule has 0 atom stereocenters. The van der Waals surface area contributed by atoms with Crippen LogP contribution in [0.5, 0.6) is 0 Å². The molecular formula is C11H24N2O2. The van der Waals surface area contributed by atoms with Crippen LogP contribution in [-0.2, 0) is 9.53 Å². The van der Waals surface area contributed by atoms with Gasteiger partial charge in [0, 0.05) is 19.1 Å². The average Bonchev–Trinajstić information content (AvgIpc) is 2.09. The zero-order chi connectivity index (χ0) is 11.7. The van der Waals surface area contributed by atoms with E-state index < -0.39 is 0 Å². The molecule has 0 aliphatic rings. The Hall–Kier alpha value is -0.450. The second-order valence-electron chi connectivity index (χ2n) is 4.16. The second-order valence-corrected chi connectivity index (χ2v) is 4.16. The summed E-state index contributed by atoms with van der Waals surface area (Å²) < 4.78 is 5.42. The smallest absolute Gasteiger partial charge is 0.143 e. The standard InChI is InChI=1S/C11H24N2O2/c1-10(2)12-5-7-15-8-6-13(4)9-11(3)14/h10,12H,5-9H2,1-4H3. The van der Waals surface area contributed by atoms with Crippen molar-refractivity contribution in [2.75, 3.05) is 39.9 Å². The molecule has 0 saturated carbocycles. The third kappa shape index (κ3) is 11.5. The Kier molecular flexibility index (Phi) is 8.56. The van der Waals surface area contributed by atoms with E-state index >= 15 is 0 Å². The van der Waals surface area contributed by atoms with Crippen LogP contribution in [0.4, 0.5) is 0 Å². The van der Waals surface area contributed by atoms with Crippen molar-refractivity contribution < 1.29 is 9.53 Å². The summed E-state index contributed by atoms with van der Waals surface area (Å²) in [5.41, 5.74) is 0. The van der Waals surface area contributed by atoms with Crippen molar-refractivity contribution in [1.29, 1.82) is 0 Å². The largest absolute Gasteiger partial charge is 0.379 e. The minimum absolute atomic E-state index is 0.193. The molecule has 0 aromatic rings. The average molecular weight is 216 g/mol. The Bertz CT molecular complexity index is 172. The van der Waals surface area contributed by atoms with Gasteiger partial charge in [0.1, 0.15) is 5.78 Å². The summed E-state index contributed by atoms with van der Waals surface area (Å²) in [6, 6.07) is 0.508. The lowest BCUT2D eigenvalue weighted by Crippen LogP contribution is -2.30. The van der Waals surface area contributed by atoms with Crippen molar-refractivity contribution in [2.45, 2.75) is 26.8 Å². The molecule has 0 heterocycles. The predicted octanol–water partition coefficient (Wildman–Crippen LogP) is 0.522. The highest BCUT2D eigenvalue weighted by Crippen LogP contribution is 1.84. The molecular weight excluding hydrogens is 192 g/mol. The van der Waals surface area contributed by atoms with Crippen LogP contribution in [0.1, 0.15) is 20.8 Å². The van der Waals surface area contributed by atoms with Crippen molar-refractivity contribution >= 4 is 5.78 Å². The minimum atomic E-state index is 0.193. The molecule has 90 valence electrons. The quantitative estimate of drug-likeness (QED) is 0.571. The summed E-state index contributed by atoms with van der Waals surface area (Å²) in [6.07, 6.45) is 0. The number of carbonyl (C=O) groups excluding carboxylic acids is 1. The normalized spacial score (nSPS) is 11.3. The Balaban J connectivity index is 3.20. The van der Waals surface area contributed by atoms with E-state index in [0.29, 0.717) is 19.2 Å². The number of carbonyl (C=O) groups is 1. The Morgan fingerprint density at radius 2 is 2.07 bits per heavy atom. The molecule has 0 aromatic carbocycles. The van der Waals surface area contributed by atoms with Crippen LogP contribution in [-0.4, -0.2) is 56.6 Å². The number of likely N-dealkylation sites (N-methyl/N-ethyl adjacent to an activating group) is 1. The predicted molar refractivity (Wildman–Crippen MR) is 62.1 cm³/mol. The number of rotatable bonds is 9. The van der Waals surface area contributed by atoms with Gasteiger partial charge in [0.15, 0.2) is 0 Å². The minimum Gasteiger partial charge on any atom is -0.379 e. The molecule has 4 heteroatoms. The Morgan fingerprint density at radius 3 is 2.60 bits per heavy atom. The molecule has 0 aliphatic carbocycles. The number of Topliss-reactive ketones (excluding diaryl/α,β-unsaturated/α-hetero) is 1. The van der Waals surface area contributed by atoms with E-state index in [0.717, 1.165) is 19.7 Å². The molecule has 1 N–H and O–H groups in total. The van der Waals surface area contributed by atoms with Gasteiger partial charge in [-0.3, -0.25) is 9.69 Å². The fourth-order valence-electron chi connectivity index (χ4n) is 1.20. The maximum Gasteiger partial charge on any atom is 0.143 e. The van der Waals surface area contributed by atoms with Gasteiger partial charge in [-0.15, -0.1) is 0 Å². The van der Waals surface area contributed by atoms with Crippen LogP contribution in [0.3, 0.4) is 0 Å². The van der Waals surface area contributed by atoms with Crippen LogP contribution in [0.2, 0.25) is 0 Å². The van der Waals surface area contributed by atoms with Crippen LogP contribution < -0.4 is 5.32 Å². The second kappa shape index (κ2) is 8.83. The van der Waals surface area contributed by atoms with Crippen molar-refractivity contribution in [2.24, 2.45) is 0 Å². The van der Waals surface area contributed by atoms with Gasteiger partial charge in [-0.05, 0) is 14.0 Å². The maximum atomic E-state index is 10.8. The molecule has 0 amide bonds. The van der Waals surface area contributed by atoms with Gasteiger partial charge in [0.25, 0.3) is 0 Å². The van der Waals surface area contributed by atoms with Crippen molar-refractivity contribution in [1.82, 2.24) is 10.2 Å². The van der Waals surface area contributed by atoms with E-state index in [1.165, 1.54) is 0 Å². The van der Waals surface area contributed by atoms with Crippen molar-refractivity contribution in [3.63, 3.8) is 0 Å². The highest BCUT2D eigenvalue weighted by Gasteiger charge is 2.00. The summed E-state index contributed by atoms with van der Waals surface area (Å²) in [5.74, 6) is 0.193. The first-order valence-corrected chi connectivity index (χ1v) is 5.51. The summed E-state index contributed by atoms with van der Waals surface area (Å²) in [4.78, 5) is 12.7. The molecule has 0 bridgehead atoms. The summed E-state index contributed by atoms with van der Waals surface area (Å²) in [6.45, 7) is 9.43. The number of nitrogens with one attached hydrogen (secondary N) is 1. The molecule has 15 heavy (non-hydrogen) atoms. The highest BCUT2D eigenvalue weighted by atomic mass is 16.5. The molecule has 0 unspecified atom stereocenters. The molecule has 0 fully saturated rings. The van der Waals surface area contributed by atoms with Gasteiger partial charge in [-0.1, -0.05) is 13.8 Å². The van der Waals surface area contributed by atoms with Crippen LogP contribution >= 0.6 is 0 Å². The fourth-order valence-corrected chi connectivity index (χ4v) is 1.20. The van der Waals surface area contributed by atoms with E-state index in [4.69, 9.17) is 4.74 Å². The van der Waals surface area contributed by atoms with Crippen molar-refractivity contribution in [3.05, 3.63) is 0 Å². The van der Waals surface area contributed by atoms with Crippen molar-refractivity contribution in [3.8, 4) is 0 Å². The Labute approximate surface area is 93.0 Å². The summed E-state index contributed by atoms with van der Waals surface area (Å²) in [7, 11) is 1.93. The number of ketones is 1. The molecule has 0 saturated heterocycles. The topological polar surface area (TPSA) is 41.6 Å². The highest BCUT2D eigenvalue weighted by molar-refractivity contribution is 5.77. The number of ether oxygens (including phenoxy) is 1. The summed E-state index contributed by atoms with van der Waals surface area (Å²) >= 11 is 0. The maximum absolute atomic E-state index is 10.8. The summed E-state index contributed by atoms with van der Waals surface area (Å²) in [5, 5.41) is 3.27. The lowest BCUT2D eigenvalue weighted by Gasteiger charge is -2.15. The van der Waals surface area contributed by atoms with Gasteiger partial charge in [0.05, 0.1) is 19.8 Å². The van der Waals surface area contributed by atoms with Gasteiger partial charge in [-0.25, -0.2) is 0 Å². The third-order valence-electron chi connectivity index (χ3n) is 1.91. The zero-order valence-electron chi connectivity index (χ0n) is 10.4. The first kappa shape index (κ1) is 14.6. The van der Waals surface area contributed by atoms with E-state index in [1.54, 1.807) is 6.92 Å². The lowest BCUT2D eigenvalue weighted by molar-refractivity contribution is -0.117. The lowest BCUT2D eigenvalue weighted by atomic mass is 10.4. The van der Waals surface area contributed by atoms with Gasteiger partial charge in [-0.2, -0.15) is 0 Å². The van der Waals surface area contributed by atoms with E-state index in [2.05, 4.69) is 19.2 Å². The molecule has 0 aliphatic heterocycles. The number of nitrogens with zero attached hydrogens (tertiary/aromatic N) is 1. The van der Waals surface area contributed by atoms with Crippen LogP contribution in [0.25, 0.3) is 0 Å². The third-order valence-corrected chi connectivity index (χ3v) is 1.91. The molecule has 4 nitrogen and oxygen atoms in total. The Morgan fingerprint density at radius 1 is 1.40 bits per heavy atom. The molecule has 0 radical (unpaired) electrons. The van der Waals surface area contributed by atoms with Gasteiger partial charge < -0.3 is 10.1 Å². The van der Waals surface area contributed by atoms with E-state index in [9.17, 15) is 4.79 Å². The number of hydrogen-bond donors (Lipinski definition) is 1. The SMILES string of the molecule is CC(=O)CN(C)CCOCCNC(C)C. The number of hydrogen-bond acceptors (Lipinski definition) is 4. The zero-order valence-corrected chi connectivity index (χ0v) is 10.4. The van der Waals surface area contributed by atoms with Crippen LogP contribution in [0.15, 0.2) is 0 Å². The first-order chi connectivity index (χ1) is 7.02. The van der Waals surface area contributed by atoms with E-state index in [1.807, 2.05) is 11.9 Å². The van der Waals surface area contributed by atoms with Gasteiger partial charge in [0.2, 0.25) is 0 Å². The van der Waals surface area contributed by atoms with Gasteiger partial charge >= 0.3 is 0 Å². The molecule has 0 rings (SSSR count). The molecule has 0 spiro atoms. The first-order valence-electron chi connectivity index (χ1n) is 5.51. The fraction of sp³-hybridized carbons (Fsp3) is 0.909.